The van der Waals surface area contributed by atoms with Crippen LogP contribution in [0.1, 0.15) is 21.5 Å². The van der Waals surface area contributed by atoms with Crippen LogP contribution in [0.25, 0.3) is 0 Å². The molecule has 0 saturated heterocycles. The molecule has 0 saturated carbocycles. The molecule has 6 heteroatoms. The molecule has 0 unspecified atom stereocenters. The molecule has 0 spiro atoms. The molecule has 0 bridgehead atoms. The number of aromatic carboxylic acids is 1. The van der Waals surface area contributed by atoms with Crippen molar-refractivity contribution in [1.29, 1.82) is 0 Å². The highest BCUT2D eigenvalue weighted by Gasteiger charge is 2.19. The molecule has 0 radical (unpaired) electrons. The number of nitrogens with two attached hydrogens (primary N) is 1. The molecule has 0 aliphatic rings. The van der Waals surface area contributed by atoms with Gasteiger partial charge in [0.15, 0.2) is 0 Å². The summed E-state index contributed by atoms with van der Waals surface area (Å²) in [6, 6.07) is 1.25. The summed E-state index contributed by atoms with van der Waals surface area (Å²) < 4.78 is 0. The SMILES string of the molecule is Cc1c(CN)cc(O)c(C(=O)O)c1O.Cl. The van der Waals surface area contributed by atoms with E-state index in [1.807, 2.05) is 0 Å². The Hall–Kier alpha value is -1.46. The predicted molar refractivity (Wildman–Crippen MR) is 56.6 cm³/mol. The highest BCUT2D eigenvalue weighted by atomic mass is 35.5. The molecule has 1 rings (SSSR count). The van der Waals surface area contributed by atoms with Crippen molar-refractivity contribution in [2.45, 2.75) is 13.5 Å². The molecule has 1 aromatic carbocycles. The Morgan fingerprint density at radius 3 is 2.40 bits per heavy atom. The summed E-state index contributed by atoms with van der Waals surface area (Å²) in [5, 5.41) is 27.4. The molecule has 0 atom stereocenters. The quantitative estimate of drug-likeness (QED) is 0.610. The third kappa shape index (κ3) is 2.31. The van der Waals surface area contributed by atoms with E-state index in [2.05, 4.69) is 0 Å². The predicted octanol–water partition coefficient (Wildman–Crippen LogP) is 0.985. The maximum absolute atomic E-state index is 10.6. The molecular weight excluding hydrogens is 222 g/mol. The van der Waals surface area contributed by atoms with Crippen LogP contribution in [0.5, 0.6) is 11.5 Å². The number of halogens is 1. The fraction of sp³-hybridized carbons (Fsp3) is 0.222. The van der Waals surface area contributed by atoms with Crippen molar-refractivity contribution in [3.8, 4) is 11.5 Å². The maximum Gasteiger partial charge on any atom is 0.343 e. The fourth-order valence-electron chi connectivity index (χ4n) is 1.23. The van der Waals surface area contributed by atoms with Gasteiger partial charge >= 0.3 is 5.97 Å². The lowest BCUT2D eigenvalue weighted by Crippen LogP contribution is -2.04. The van der Waals surface area contributed by atoms with Gasteiger partial charge in [0.05, 0.1) is 0 Å². The molecule has 1 aromatic rings. The zero-order chi connectivity index (χ0) is 10.9. The van der Waals surface area contributed by atoms with Gasteiger partial charge in [-0.1, -0.05) is 0 Å². The number of hydrogen-bond donors (Lipinski definition) is 4. The van der Waals surface area contributed by atoms with Crippen molar-refractivity contribution in [2.24, 2.45) is 5.73 Å². The van der Waals surface area contributed by atoms with Gasteiger partial charge in [0.1, 0.15) is 17.1 Å². The highest BCUT2D eigenvalue weighted by molar-refractivity contribution is 5.94. The molecule has 0 amide bonds. The largest absolute Gasteiger partial charge is 0.507 e. The average molecular weight is 234 g/mol. The summed E-state index contributed by atoms with van der Waals surface area (Å²) in [4.78, 5) is 10.6. The summed E-state index contributed by atoms with van der Waals surface area (Å²) in [5.41, 5.74) is 5.75. The lowest BCUT2D eigenvalue weighted by atomic mass is 10.0. The Morgan fingerprint density at radius 2 is 2.00 bits per heavy atom. The average Bonchev–Trinajstić information content (AvgIpc) is 2.10. The monoisotopic (exact) mass is 233 g/mol. The van der Waals surface area contributed by atoms with Crippen molar-refractivity contribution in [2.75, 3.05) is 0 Å². The van der Waals surface area contributed by atoms with E-state index in [1.165, 1.54) is 6.07 Å². The number of rotatable bonds is 2. The summed E-state index contributed by atoms with van der Waals surface area (Å²) in [5.74, 6) is -2.27. The van der Waals surface area contributed by atoms with Crippen LogP contribution in [-0.4, -0.2) is 21.3 Å². The first-order valence-electron chi connectivity index (χ1n) is 3.96. The standard InChI is InChI=1S/C9H11NO4.ClH/c1-4-5(3-10)2-6(11)7(8(4)12)9(13)14;/h2,11-12H,3,10H2,1H3,(H,13,14);1H. The van der Waals surface area contributed by atoms with E-state index in [0.29, 0.717) is 11.1 Å². The molecule has 84 valence electrons. The molecule has 5 nitrogen and oxygen atoms in total. The second kappa shape index (κ2) is 4.86. The number of carboxylic acid groups (broad SMARTS) is 1. The van der Waals surface area contributed by atoms with Crippen molar-refractivity contribution in [1.82, 2.24) is 0 Å². The van der Waals surface area contributed by atoms with Gasteiger partial charge in [-0.2, -0.15) is 0 Å². The Balaban J connectivity index is 0.00000196. The van der Waals surface area contributed by atoms with E-state index in [1.54, 1.807) is 6.92 Å². The second-order valence-electron chi connectivity index (χ2n) is 2.91. The van der Waals surface area contributed by atoms with Gasteiger partial charge < -0.3 is 21.1 Å². The van der Waals surface area contributed by atoms with Crippen LogP contribution < -0.4 is 5.73 Å². The van der Waals surface area contributed by atoms with Gasteiger partial charge in [-0.05, 0) is 24.1 Å². The van der Waals surface area contributed by atoms with Crippen molar-refractivity contribution in [3.63, 3.8) is 0 Å². The van der Waals surface area contributed by atoms with Crippen LogP contribution in [0.4, 0.5) is 0 Å². The molecule has 5 N–H and O–H groups in total. The van der Waals surface area contributed by atoms with Crippen molar-refractivity contribution in [3.05, 3.63) is 22.8 Å². The van der Waals surface area contributed by atoms with Gasteiger partial charge in [-0.15, -0.1) is 12.4 Å². The smallest absolute Gasteiger partial charge is 0.343 e. The zero-order valence-corrected chi connectivity index (χ0v) is 8.84. The van der Waals surface area contributed by atoms with Gasteiger partial charge in [0, 0.05) is 6.54 Å². The van der Waals surface area contributed by atoms with Gasteiger partial charge in [-0.25, -0.2) is 4.79 Å². The topological polar surface area (TPSA) is 104 Å². The first-order chi connectivity index (χ1) is 6.49. The normalized spacial score (nSPS) is 9.47. The third-order valence-electron chi connectivity index (χ3n) is 2.07. The van der Waals surface area contributed by atoms with Crippen LogP contribution in [0.2, 0.25) is 0 Å². The molecule has 0 aromatic heterocycles. The number of carbonyl (C=O) groups is 1. The molecule has 0 heterocycles. The molecular formula is C9H12ClNO4. The zero-order valence-electron chi connectivity index (χ0n) is 8.02. The lowest BCUT2D eigenvalue weighted by molar-refractivity contribution is 0.0690. The van der Waals surface area contributed by atoms with E-state index >= 15 is 0 Å². The molecule has 0 aliphatic heterocycles. The number of carboxylic acids is 1. The Kier molecular flexibility index (Phi) is 4.39. The highest BCUT2D eigenvalue weighted by Crippen LogP contribution is 2.32. The fourth-order valence-corrected chi connectivity index (χ4v) is 1.23. The van der Waals surface area contributed by atoms with Gasteiger partial charge in [-0.3, -0.25) is 0 Å². The number of hydrogen-bond acceptors (Lipinski definition) is 4. The summed E-state index contributed by atoms with van der Waals surface area (Å²) in [6.45, 7) is 1.68. The van der Waals surface area contributed by atoms with Crippen LogP contribution in [0.3, 0.4) is 0 Å². The van der Waals surface area contributed by atoms with Crippen molar-refractivity contribution < 1.29 is 20.1 Å². The summed E-state index contributed by atoms with van der Waals surface area (Å²) in [7, 11) is 0. The Morgan fingerprint density at radius 1 is 1.47 bits per heavy atom. The van der Waals surface area contributed by atoms with Crippen LogP contribution in [0, 0.1) is 6.92 Å². The van der Waals surface area contributed by atoms with Crippen molar-refractivity contribution >= 4 is 18.4 Å². The Bertz CT molecular complexity index is 392. The maximum atomic E-state index is 10.6. The molecule has 0 aliphatic carbocycles. The molecule has 15 heavy (non-hydrogen) atoms. The first-order valence-corrected chi connectivity index (χ1v) is 3.96. The van der Waals surface area contributed by atoms with E-state index in [-0.39, 0.29) is 19.0 Å². The molecule has 0 fully saturated rings. The van der Waals surface area contributed by atoms with Crippen LogP contribution >= 0.6 is 12.4 Å². The third-order valence-corrected chi connectivity index (χ3v) is 2.07. The minimum Gasteiger partial charge on any atom is -0.507 e. The summed E-state index contributed by atoms with van der Waals surface area (Å²) >= 11 is 0. The minimum absolute atomic E-state index is 0. The minimum atomic E-state index is -1.37. The van der Waals surface area contributed by atoms with Gasteiger partial charge in [0.25, 0.3) is 0 Å². The van der Waals surface area contributed by atoms with Crippen LogP contribution in [0.15, 0.2) is 6.07 Å². The van der Waals surface area contributed by atoms with E-state index in [0.717, 1.165) is 0 Å². The van der Waals surface area contributed by atoms with E-state index in [9.17, 15) is 15.0 Å². The van der Waals surface area contributed by atoms with Gasteiger partial charge in [0.2, 0.25) is 0 Å². The lowest BCUT2D eigenvalue weighted by Gasteiger charge is -2.09. The van der Waals surface area contributed by atoms with E-state index < -0.39 is 23.0 Å². The van der Waals surface area contributed by atoms with Crippen LogP contribution in [-0.2, 0) is 6.54 Å². The number of aromatic hydroxyl groups is 2. The number of phenols is 2. The van der Waals surface area contributed by atoms with E-state index in [4.69, 9.17) is 10.8 Å². The first kappa shape index (κ1) is 13.5. The summed E-state index contributed by atoms with van der Waals surface area (Å²) in [6.07, 6.45) is 0. The number of benzene rings is 1. The second-order valence-corrected chi connectivity index (χ2v) is 2.91. The Labute approximate surface area is 92.6 Å².